The first kappa shape index (κ1) is 55.9. The summed E-state index contributed by atoms with van der Waals surface area (Å²) in [7, 11) is 1.13. The molecule has 60 heavy (non-hydrogen) atoms. The van der Waals surface area contributed by atoms with Gasteiger partial charge in [-0.05, 0) is 77.0 Å². The van der Waals surface area contributed by atoms with Crippen LogP contribution in [0.5, 0.6) is 0 Å². The lowest BCUT2D eigenvalue weighted by Crippen LogP contribution is -2.37. The lowest BCUT2D eigenvalue weighted by molar-refractivity contribution is -0.870. The average Bonchev–Trinajstić information content (AvgIpc) is 3.96. The zero-order chi connectivity index (χ0) is 44.0. The van der Waals surface area contributed by atoms with Gasteiger partial charge in [0.05, 0.1) is 40.0 Å². The standard InChI is InChI=1S/C49H88NO9P/c1-6-8-10-12-14-15-16-17-18-19-20-21-22-23-24-25-26-27-31-36-40-49(52)58-45(44-57-60(53,54)56-42-41-50(3,4)5)43-55-48(51)39-35-32-28-30-34-38-47-46(59-47)37-33-29-13-11-9-7-2/h15-16,18-19,21-22,29,33,45-47H,6-14,17,20,23-28,30-32,34-44H2,1-5H3/b16-15-,19-18-,22-21-,33-29-/t45-,46?,47?/m1/s1. The fraction of sp³-hybridized carbons (Fsp3) is 0.796. The van der Waals surface area contributed by atoms with Gasteiger partial charge in [-0.1, -0.05) is 146 Å². The molecule has 0 aromatic carbocycles. The van der Waals surface area contributed by atoms with Crippen molar-refractivity contribution < 1.29 is 46.8 Å². The molecule has 0 aromatic rings. The number of hydrogen-bond donors (Lipinski definition) is 0. The third-order valence-electron chi connectivity index (χ3n) is 10.5. The first-order valence-corrected chi connectivity index (χ1v) is 25.4. The van der Waals surface area contributed by atoms with Gasteiger partial charge in [0.15, 0.2) is 6.10 Å². The van der Waals surface area contributed by atoms with Crippen LogP contribution >= 0.6 is 7.82 Å². The minimum absolute atomic E-state index is 0.0403. The number of phosphoric acid groups is 1. The van der Waals surface area contributed by atoms with Crippen molar-refractivity contribution in [1.29, 1.82) is 0 Å². The van der Waals surface area contributed by atoms with E-state index < -0.39 is 32.5 Å². The van der Waals surface area contributed by atoms with Crippen LogP contribution in [0.3, 0.4) is 0 Å². The van der Waals surface area contributed by atoms with E-state index in [4.69, 9.17) is 23.3 Å². The molecule has 0 saturated carbocycles. The van der Waals surface area contributed by atoms with E-state index in [9.17, 15) is 19.0 Å². The quantitative estimate of drug-likeness (QED) is 0.0147. The number of carbonyl (C=O) groups excluding carboxylic acids is 2. The number of carbonyl (C=O) groups is 2. The molecule has 0 spiro atoms. The smallest absolute Gasteiger partial charge is 0.306 e. The van der Waals surface area contributed by atoms with Gasteiger partial charge in [0.1, 0.15) is 19.8 Å². The number of allylic oxidation sites excluding steroid dienone is 7. The molecule has 10 nitrogen and oxygen atoms in total. The second-order valence-electron chi connectivity index (χ2n) is 17.5. The minimum atomic E-state index is -4.64. The normalized spacial score (nSPS) is 17.3. The van der Waals surface area contributed by atoms with Crippen LogP contribution in [0.1, 0.15) is 187 Å². The lowest BCUT2D eigenvalue weighted by atomic mass is 10.1. The van der Waals surface area contributed by atoms with E-state index in [1.807, 2.05) is 21.1 Å². The van der Waals surface area contributed by atoms with Crippen LogP contribution in [0.25, 0.3) is 0 Å². The van der Waals surface area contributed by atoms with Gasteiger partial charge in [-0.25, -0.2) is 0 Å². The number of ether oxygens (including phenoxy) is 3. The summed E-state index contributed by atoms with van der Waals surface area (Å²) in [5.41, 5.74) is 0. The largest absolute Gasteiger partial charge is 0.756 e. The number of rotatable bonds is 42. The SMILES string of the molecule is CCCCC/C=C\CC1OC1CCCCCCCC(=O)OC[C@H](COP(=O)([O-])OCC[N+](C)(C)C)OC(=O)CCCCCCCC/C=C\C/C=C\C/C=C\CCCCCC. The van der Waals surface area contributed by atoms with Crippen LogP contribution < -0.4 is 4.89 Å². The summed E-state index contributed by atoms with van der Waals surface area (Å²) in [5.74, 6) is -0.873. The maximum Gasteiger partial charge on any atom is 0.306 e. The molecule has 1 aliphatic rings. The third-order valence-corrected chi connectivity index (χ3v) is 11.5. The Hall–Kier alpha value is -2.07. The van der Waals surface area contributed by atoms with E-state index in [2.05, 4.69) is 62.5 Å². The van der Waals surface area contributed by atoms with Gasteiger partial charge < -0.3 is 32.6 Å². The van der Waals surface area contributed by atoms with Crippen LogP contribution in [-0.4, -0.2) is 82.2 Å². The Morgan fingerprint density at radius 2 is 1.12 bits per heavy atom. The van der Waals surface area contributed by atoms with Crippen molar-refractivity contribution in [2.75, 3.05) is 47.5 Å². The predicted molar refractivity (Wildman–Crippen MR) is 244 cm³/mol. The van der Waals surface area contributed by atoms with Gasteiger partial charge in [0, 0.05) is 12.8 Å². The Balaban J connectivity index is 2.27. The summed E-state index contributed by atoms with van der Waals surface area (Å²) < 4.78 is 39.8. The van der Waals surface area contributed by atoms with Gasteiger partial charge in [-0.3, -0.25) is 14.2 Å². The van der Waals surface area contributed by atoms with Crippen molar-refractivity contribution in [1.82, 2.24) is 0 Å². The number of likely N-dealkylation sites (N-methyl/N-ethyl adjacent to an activating group) is 1. The molecule has 3 unspecified atom stereocenters. The maximum atomic E-state index is 12.7. The third kappa shape index (κ3) is 37.7. The molecule has 11 heteroatoms. The highest BCUT2D eigenvalue weighted by atomic mass is 31.2. The summed E-state index contributed by atoms with van der Waals surface area (Å²) in [5, 5.41) is 0. The van der Waals surface area contributed by atoms with Crippen LogP contribution in [0, 0.1) is 0 Å². The van der Waals surface area contributed by atoms with Crippen LogP contribution in [0.15, 0.2) is 48.6 Å². The molecule has 348 valence electrons. The van der Waals surface area contributed by atoms with Gasteiger partial charge in [0.2, 0.25) is 0 Å². The summed E-state index contributed by atoms with van der Waals surface area (Å²) in [6, 6.07) is 0. The van der Waals surface area contributed by atoms with Crippen molar-refractivity contribution in [2.24, 2.45) is 0 Å². The van der Waals surface area contributed by atoms with Crippen LogP contribution in [0.2, 0.25) is 0 Å². The van der Waals surface area contributed by atoms with Crippen molar-refractivity contribution >= 4 is 19.8 Å². The van der Waals surface area contributed by atoms with E-state index in [1.165, 1.54) is 51.4 Å². The Kier molecular flexibility index (Phi) is 34.9. The van der Waals surface area contributed by atoms with E-state index >= 15 is 0 Å². The average molecular weight is 866 g/mol. The predicted octanol–water partition coefficient (Wildman–Crippen LogP) is 12.2. The van der Waals surface area contributed by atoms with E-state index in [-0.39, 0.29) is 26.1 Å². The molecule has 1 rings (SSSR count). The Morgan fingerprint density at radius 1 is 0.617 bits per heavy atom. The van der Waals surface area contributed by atoms with Gasteiger partial charge >= 0.3 is 11.9 Å². The number of nitrogens with zero attached hydrogens (tertiary/aromatic N) is 1. The molecular weight excluding hydrogens is 778 g/mol. The van der Waals surface area contributed by atoms with E-state index in [0.717, 1.165) is 96.3 Å². The zero-order valence-corrected chi connectivity index (χ0v) is 39.7. The maximum absolute atomic E-state index is 12.7. The Bertz CT molecular complexity index is 1230. The summed E-state index contributed by atoms with van der Waals surface area (Å²) in [6.45, 7) is 4.14. The topological polar surface area (TPSA) is 124 Å². The van der Waals surface area contributed by atoms with Crippen molar-refractivity contribution in [3.8, 4) is 0 Å². The van der Waals surface area contributed by atoms with Crippen LogP contribution in [-0.2, 0) is 37.4 Å². The molecule has 1 fully saturated rings. The number of quaternary nitrogens is 1. The van der Waals surface area contributed by atoms with Gasteiger partial charge in [-0.15, -0.1) is 0 Å². The molecule has 4 atom stereocenters. The second-order valence-corrected chi connectivity index (χ2v) is 18.9. The molecule has 0 bridgehead atoms. The Morgan fingerprint density at radius 3 is 1.73 bits per heavy atom. The number of esters is 2. The lowest BCUT2D eigenvalue weighted by Gasteiger charge is -2.28. The zero-order valence-electron chi connectivity index (χ0n) is 38.8. The highest BCUT2D eigenvalue weighted by Gasteiger charge is 2.36. The van der Waals surface area contributed by atoms with Crippen LogP contribution in [0.4, 0.5) is 0 Å². The molecule has 0 N–H and O–H groups in total. The summed E-state index contributed by atoms with van der Waals surface area (Å²) >= 11 is 0. The van der Waals surface area contributed by atoms with E-state index in [0.29, 0.717) is 36.1 Å². The molecular formula is C49H88NO9P. The highest BCUT2D eigenvalue weighted by molar-refractivity contribution is 7.45. The van der Waals surface area contributed by atoms with Gasteiger partial charge in [-0.2, -0.15) is 0 Å². The molecule has 1 aliphatic heterocycles. The molecule has 0 aromatic heterocycles. The fourth-order valence-electron chi connectivity index (χ4n) is 6.61. The summed E-state index contributed by atoms with van der Waals surface area (Å²) in [4.78, 5) is 37.7. The summed E-state index contributed by atoms with van der Waals surface area (Å²) in [6.07, 6.45) is 45.8. The highest BCUT2D eigenvalue weighted by Crippen LogP contribution is 2.38. The molecule has 0 amide bonds. The second kappa shape index (κ2) is 37.5. The minimum Gasteiger partial charge on any atom is -0.756 e. The monoisotopic (exact) mass is 866 g/mol. The number of phosphoric ester groups is 1. The number of epoxide rings is 1. The number of unbranched alkanes of at least 4 members (excludes halogenated alkanes) is 17. The van der Waals surface area contributed by atoms with Crippen molar-refractivity contribution in [3.05, 3.63) is 48.6 Å². The first-order valence-electron chi connectivity index (χ1n) is 24.0. The number of hydrogen-bond acceptors (Lipinski definition) is 9. The molecule has 1 saturated heterocycles. The van der Waals surface area contributed by atoms with Crippen molar-refractivity contribution in [2.45, 2.75) is 206 Å². The first-order chi connectivity index (χ1) is 29.0. The molecule has 0 radical (unpaired) electrons. The van der Waals surface area contributed by atoms with Crippen molar-refractivity contribution in [3.63, 3.8) is 0 Å². The molecule has 1 heterocycles. The van der Waals surface area contributed by atoms with E-state index in [1.54, 1.807) is 0 Å². The fourth-order valence-corrected chi connectivity index (χ4v) is 7.34. The molecule has 0 aliphatic carbocycles. The van der Waals surface area contributed by atoms with Gasteiger partial charge in [0.25, 0.3) is 7.82 Å². The Labute approximate surface area is 367 Å².